The Bertz CT molecular complexity index is 630. The predicted octanol–water partition coefficient (Wildman–Crippen LogP) is 0.0481. The molecule has 8 heteroatoms. The van der Waals surface area contributed by atoms with E-state index in [0.717, 1.165) is 11.1 Å². The summed E-state index contributed by atoms with van der Waals surface area (Å²) in [5.41, 5.74) is 1.86. The van der Waals surface area contributed by atoms with Crippen molar-refractivity contribution < 1.29 is 17.9 Å². The molecule has 0 radical (unpaired) electrons. The second-order valence-electron chi connectivity index (χ2n) is 4.87. The van der Waals surface area contributed by atoms with Crippen LogP contribution in [0.1, 0.15) is 11.1 Å². The summed E-state index contributed by atoms with van der Waals surface area (Å²) in [6.45, 7) is 1.86. The van der Waals surface area contributed by atoms with Crippen LogP contribution in [-0.4, -0.2) is 46.2 Å². The van der Waals surface area contributed by atoms with E-state index in [1.54, 1.807) is 24.1 Å². The molecule has 0 aromatic heterocycles. The van der Waals surface area contributed by atoms with Gasteiger partial charge in [0.2, 0.25) is 10.0 Å². The molecule has 1 aliphatic rings. The third-order valence-corrected chi connectivity index (χ3v) is 4.30. The van der Waals surface area contributed by atoms with Crippen molar-refractivity contribution in [3.8, 4) is 0 Å². The fourth-order valence-corrected chi connectivity index (χ4v) is 2.82. The maximum absolute atomic E-state index is 12.0. The lowest BCUT2D eigenvalue weighted by atomic mass is 10.0. The topological polar surface area (TPSA) is 102 Å². The predicted molar refractivity (Wildman–Crippen MR) is 77.2 cm³/mol. The number of primary sulfonamides is 1. The van der Waals surface area contributed by atoms with Crippen LogP contribution in [0.15, 0.2) is 23.1 Å². The SMILES string of the molecule is COCCNC(=O)N1CCc2ccc(S(N)(=O)=O)cc2C1. The average molecular weight is 313 g/mol. The number of methoxy groups -OCH3 is 1. The van der Waals surface area contributed by atoms with Crippen LogP contribution in [0.2, 0.25) is 0 Å². The molecule has 0 saturated heterocycles. The lowest BCUT2D eigenvalue weighted by molar-refractivity contribution is 0.176. The smallest absolute Gasteiger partial charge is 0.317 e. The standard InChI is InChI=1S/C13H19N3O4S/c1-20-7-5-15-13(17)16-6-4-10-2-3-12(21(14,18)19)8-11(10)9-16/h2-3,8H,4-7,9H2,1H3,(H,15,17)(H2,14,18,19). The molecule has 0 aliphatic carbocycles. The zero-order valence-corrected chi connectivity index (χ0v) is 12.6. The second-order valence-corrected chi connectivity index (χ2v) is 6.43. The summed E-state index contributed by atoms with van der Waals surface area (Å²) in [5.74, 6) is 0. The molecule has 0 unspecified atom stereocenters. The molecule has 1 heterocycles. The minimum Gasteiger partial charge on any atom is -0.383 e. The molecule has 2 rings (SSSR count). The first-order valence-electron chi connectivity index (χ1n) is 6.58. The Morgan fingerprint density at radius 2 is 2.19 bits per heavy atom. The summed E-state index contributed by atoms with van der Waals surface area (Å²) in [4.78, 5) is 13.7. The van der Waals surface area contributed by atoms with E-state index in [4.69, 9.17) is 9.88 Å². The molecule has 0 saturated carbocycles. The molecule has 1 aromatic carbocycles. The lowest BCUT2D eigenvalue weighted by Gasteiger charge is -2.29. The minimum absolute atomic E-state index is 0.0721. The third kappa shape index (κ3) is 3.93. The monoisotopic (exact) mass is 313 g/mol. The van der Waals surface area contributed by atoms with Gasteiger partial charge in [-0.25, -0.2) is 18.4 Å². The number of sulfonamides is 1. The van der Waals surface area contributed by atoms with Gasteiger partial charge >= 0.3 is 6.03 Å². The van der Waals surface area contributed by atoms with Gasteiger partial charge in [-0.3, -0.25) is 0 Å². The first-order valence-corrected chi connectivity index (χ1v) is 8.13. The van der Waals surface area contributed by atoms with Gasteiger partial charge in [0, 0.05) is 26.7 Å². The number of amides is 2. The fraction of sp³-hybridized carbons (Fsp3) is 0.462. The average Bonchev–Trinajstić information content (AvgIpc) is 2.45. The maximum Gasteiger partial charge on any atom is 0.317 e. The van der Waals surface area contributed by atoms with Gasteiger partial charge in [0.15, 0.2) is 0 Å². The van der Waals surface area contributed by atoms with E-state index in [1.807, 2.05) is 0 Å². The first-order chi connectivity index (χ1) is 9.91. The third-order valence-electron chi connectivity index (χ3n) is 3.39. The largest absolute Gasteiger partial charge is 0.383 e. The van der Waals surface area contributed by atoms with Crippen LogP contribution >= 0.6 is 0 Å². The maximum atomic E-state index is 12.0. The Morgan fingerprint density at radius 1 is 1.43 bits per heavy atom. The van der Waals surface area contributed by atoms with E-state index in [0.29, 0.717) is 32.7 Å². The molecule has 0 atom stereocenters. The first kappa shape index (κ1) is 15.7. The van der Waals surface area contributed by atoms with Gasteiger partial charge in [-0.1, -0.05) is 6.07 Å². The molecular weight excluding hydrogens is 294 g/mol. The van der Waals surface area contributed by atoms with E-state index < -0.39 is 10.0 Å². The highest BCUT2D eigenvalue weighted by Crippen LogP contribution is 2.22. The van der Waals surface area contributed by atoms with Crippen molar-refractivity contribution in [2.75, 3.05) is 26.8 Å². The molecule has 2 amide bonds. The normalized spacial score (nSPS) is 14.7. The van der Waals surface area contributed by atoms with Crippen LogP contribution in [0.4, 0.5) is 4.79 Å². The number of carbonyl (C=O) groups is 1. The molecule has 0 spiro atoms. The minimum atomic E-state index is -3.73. The quantitative estimate of drug-likeness (QED) is 0.767. The molecule has 0 bridgehead atoms. The zero-order chi connectivity index (χ0) is 15.5. The van der Waals surface area contributed by atoms with Crippen molar-refractivity contribution in [2.24, 2.45) is 5.14 Å². The van der Waals surface area contributed by atoms with E-state index >= 15 is 0 Å². The van der Waals surface area contributed by atoms with Crippen molar-refractivity contribution in [3.63, 3.8) is 0 Å². The van der Waals surface area contributed by atoms with E-state index in [2.05, 4.69) is 5.32 Å². The molecule has 0 fully saturated rings. The van der Waals surface area contributed by atoms with Crippen LogP contribution < -0.4 is 10.5 Å². The number of nitrogens with one attached hydrogen (secondary N) is 1. The summed E-state index contributed by atoms with van der Waals surface area (Å²) < 4.78 is 27.6. The van der Waals surface area contributed by atoms with Crippen molar-refractivity contribution in [1.29, 1.82) is 0 Å². The van der Waals surface area contributed by atoms with Crippen molar-refractivity contribution >= 4 is 16.1 Å². The molecule has 7 nitrogen and oxygen atoms in total. The highest BCUT2D eigenvalue weighted by Gasteiger charge is 2.21. The number of urea groups is 1. The Hall–Kier alpha value is -1.64. The van der Waals surface area contributed by atoms with Gasteiger partial charge in [-0.05, 0) is 29.7 Å². The lowest BCUT2D eigenvalue weighted by Crippen LogP contribution is -2.43. The Morgan fingerprint density at radius 3 is 2.86 bits per heavy atom. The number of rotatable bonds is 4. The molecule has 1 aromatic rings. The zero-order valence-electron chi connectivity index (χ0n) is 11.8. The van der Waals surface area contributed by atoms with E-state index in [-0.39, 0.29) is 10.9 Å². The molecular formula is C13H19N3O4S. The summed E-state index contributed by atoms with van der Waals surface area (Å²) in [6, 6.07) is 4.62. The van der Waals surface area contributed by atoms with Gasteiger partial charge in [-0.15, -0.1) is 0 Å². The second kappa shape index (κ2) is 6.42. The van der Waals surface area contributed by atoms with Crippen molar-refractivity contribution in [3.05, 3.63) is 29.3 Å². The number of carbonyl (C=O) groups excluding carboxylic acids is 1. The van der Waals surface area contributed by atoms with Crippen molar-refractivity contribution in [1.82, 2.24) is 10.2 Å². The summed E-state index contributed by atoms with van der Waals surface area (Å²) in [7, 11) is -2.16. The highest BCUT2D eigenvalue weighted by atomic mass is 32.2. The molecule has 3 N–H and O–H groups in total. The number of nitrogens with zero attached hydrogens (tertiary/aromatic N) is 1. The van der Waals surface area contributed by atoms with Gasteiger partial charge in [-0.2, -0.15) is 0 Å². The highest BCUT2D eigenvalue weighted by molar-refractivity contribution is 7.89. The van der Waals surface area contributed by atoms with E-state index in [9.17, 15) is 13.2 Å². The molecule has 116 valence electrons. The van der Waals surface area contributed by atoms with Crippen molar-refractivity contribution in [2.45, 2.75) is 17.9 Å². The Labute approximate surface area is 124 Å². The summed E-state index contributed by atoms with van der Waals surface area (Å²) in [6.07, 6.45) is 0.692. The fourth-order valence-electron chi connectivity index (χ4n) is 2.26. The van der Waals surface area contributed by atoms with Gasteiger partial charge < -0.3 is 15.0 Å². The van der Waals surface area contributed by atoms with E-state index in [1.165, 1.54) is 6.07 Å². The number of ether oxygens (including phenoxy) is 1. The van der Waals surface area contributed by atoms with Crippen LogP contribution in [-0.2, 0) is 27.7 Å². The molecule has 21 heavy (non-hydrogen) atoms. The van der Waals surface area contributed by atoms with Crippen LogP contribution in [0, 0.1) is 0 Å². The van der Waals surface area contributed by atoms with Gasteiger partial charge in [0.05, 0.1) is 11.5 Å². The molecule has 1 aliphatic heterocycles. The number of fused-ring (bicyclic) bond motifs is 1. The van der Waals surface area contributed by atoms with Crippen LogP contribution in [0.25, 0.3) is 0 Å². The summed E-state index contributed by atoms with van der Waals surface area (Å²) >= 11 is 0. The Kier molecular flexibility index (Phi) is 4.81. The van der Waals surface area contributed by atoms with Crippen LogP contribution in [0.3, 0.4) is 0 Å². The number of benzene rings is 1. The number of nitrogens with two attached hydrogens (primary N) is 1. The number of hydrogen-bond acceptors (Lipinski definition) is 4. The number of hydrogen-bond donors (Lipinski definition) is 2. The van der Waals surface area contributed by atoms with Gasteiger partial charge in [0.1, 0.15) is 0 Å². The van der Waals surface area contributed by atoms with Gasteiger partial charge in [0.25, 0.3) is 0 Å². The van der Waals surface area contributed by atoms with Crippen LogP contribution in [0.5, 0.6) is 0 Å². The summed E-state index contributed by atoms with van der Waals surface area (Å²) in [5, 5.41) is 7.88. The Balaban J connectivity index is 2.10.